The molecule has 5 heteroatoms. The number of rotatable bonds is 6. The number of nitrogens with two attached hydrogens (primary N) is 1. The Bertz CT molecular complexity index is 911. The van der Waals surface area contributed by atoms with Gasteiger partial charge in [-0.15, -0.1) is 6.58 Å². The van der Waals surface area contributed by atoms with E-state index >= 15 is 0 Å². The third-order valence-corrected chi connectivity index (χ3v) is 4.12. The largest absolute Gasteiger partial charge is 0.368 e. The molecule has 25 heavy (non-hydrogen) atoms. The van der Waals surface area contributed by atoms with Gasteiger partial charge in [-0.3, -0.25) is 9.59 Å². The van der Waals surface area contributed by atoms with Crippen LogP contribution in [0.1, 0.15) is 23.2 Å². The zero-order valence-corrected chi connectivity index (χ0v) is 13.7. The minimum absolute atomic E-state index is 0.331. The van der Waals surface area contributed by atoms with Gasteiger partial charge in [0.2, 0.25) is 5.91 Å². The highest BCUT2D eigenvalue weighted by Crippen LogP contribution is 2.26. The second-order valence-electron chi connectivity index (χ2n) is 5.82. The number of para-hydroxylation sites is 2. The summed E-state index contributed by atoms with van der Waals surface area (Å²) in [5.74, 6) is -0.888. The average molecular weight is 333 g/mol. The van der Waals surface area contributed by atoms with Crippen LogP contribution in [-0.2, 0) is 4.79 Å². The number of hydrogen-bond donors (Lipinski definition) is 2. The van der Waals surface area contributed by atoms with E-state index in [0.29, 0.717) is 18.4 Å². The summed E-state index contributed by atoms with van der Waals surface area (Å²) in [6.45, 7) is 3.64. The van der Waals surface area contributed by atoms with Gasteiger partial charge in [0.05, 0.1) is 16.6 Å². The summed E-state index contributed by atoms with van der Waals surface area (Å²) >= 11 is 0. The van der Waals surface area contributed by atoms with E-state index in [1.807, 2.05) is 48.5 Å². The summed E-state index contributed by atoms with van der Waals surface area (Å²) in [5, 5.41) is 4.25. The van der Waals surface area contributed by atoms with Gasteiger partial charge in [0, 0.05) is 10.8 Å². The van der Waals surface area contributed by atoms with Gasteiger partial charge in [0.1, 0.15) is 6.04 Å². The van der Waals surface area contributed by atoms with E-state index in [1.165, 1.54) is 0 Å². The Labute approximate surface area is 145 Å². The Morgan fingerprint density at radius 1 is 1.08 bits per heavy atom. The molecule has 1 atom stereocenters. The van der Waals surface area contributed by atoms with Crippen molar-refractivity contribution in [3.8, 4) is 0 Å². The number of hydrogen-bond acceptors (Lipinski definition) is 3. The molecular weight excluding hydrogens is 314 g/mol. The van der Waals surface area contributed by atoms with Crippen molar-refractivity contribution < 1.29 is 9.59 Å². The highest BCUT2D eigenvalue weighted by molar-refractivity contribution is 6.16. The van der Waals surface area contributed by atoms with Crippen LogP contribution in [0.3, 0.4) is 0 Å². The summed E-state index contributed by atoms with van der Waals surface area (Å²) in [6, 6.07) is 14.2. The molecule has 3 rings (SSSR count). The highest BCUT2D eigenvalue weighted by atomic mass is 16.2. The SMILES string of the molecule is C=CCC[C@H](NC(=O)c1c2ccccc2nc2ccccc12)C(N)=O. The molecule has 3 N–H and O–H groups in total. The number of nitrogens with one attached hydrogen (secondary N) is 1. The first kappa shape index (κ1) is 16.6. The van der Waals surface area contributed by atoms with Crippen molar-refractivity contribution >= 4 is 33.6 Å². The summed E-state index contributed by atoms with van der Waals surface area (Å²) in [4.78, 5) is 29.2. The minimum atomic E-state index is -0.740. The van der Waals surface area contributed by atoms with E-state index in [2.05, 4.69) is 16.9 Å². The van der Waals surface area contributed by atoms with E-state index in [4.69, 9.17) is 5.73 Å². The fourth-order valence-corrected chi connectivity index (χ4v) is 2.89. The van der Waals surface area contributed by atoms with Gasteiger partial charge in [0.25, 0.3) is 5.91 Å². The van der Waals surface area contributed by atoms with Gasteiger partial charge in [-0.25, -0.2) is 4.98 Å². The van der Waals surface area contributed by atoms with Crippen molar-refractivity contribution in [2.24, 2.45) is 5.73 Å². The van der Waals surface area contributed by atoms with Crippen molar-refractivity contribution in [2.45, 2.75) is 18.9 Å². The number of fused-ring (bicyclic) bond motifs is 2. The van der Waals surface area contributed by atoms with Gasteiger partial charge in [-0.2, -0.15) is 0 Å². The van der Waals surface area contributed by atoms with Crippen molar-refractivity contribution in [2.75, 3.05) is 0 Å². The molecule has 2 aromatic carbocycles. The van der Waals surface area contributed by atoms with Crippen molar-refractivity contribution in [1.82, 2.24) is 10.3 Å². The zero-order valence-electron chi connectivity index (χ0n) is 13.7. The standard InChI is InChI=1S/C20H19N3O2/c1-2-3-10-17(19(21)24)23-20(25)18-13-8-4-6-11-15(13)22-16-12-7-5-9-14(16)18/h2,4-9,11-12,17H,1,3,10H2,(H2,21,24)(H,23,25)/t17-/m0/s1. The monoisotopic (exact) mass is 333 g/mol. The molecule has 3 aromatic rings. The van der Waals surface area contributed by atoms with Gasteiger partial charge < -0.3 is 11.1 Å². The molecule has 0 aliphatic rings. The Hall–Kier alpha value is -3.21. The summed E-state index contributed by atoms with van der Waals surface area (Å²) in [5.41, 5.74) is 7.39. The molecule has 0 aliphatic carbocycles. The smallest absolute Gasteiger partial charge is 0.253 e. The van der Waals surface area contributed by atoms with Crippen LogP contribution in [0.2, 0.25) is 0 Å². The molecule has 0 fully saturated rings. The van der Waals surface area contributed by atoms with Crippen LogP contribution in [0.15, 0.2) is 61.2 Å². The maximum absolute atomic E-state index is 13.0. The molecule has 126 valence electrons. The van der Waals surface area contributed by atoms with Gasteiger partial charge in [0.15, 0.2) is 0 Å². The number of nitrogens with zero attached hydrogens (tertiary/aromatic N) is 1. The van der Waals surface area contributed by atoms with Gasteiger partial charge in [-0.1, -0.05) is 42.5 Å². The van der Waals surface area contributed by atoms with Crippen molar-refractivity contribution in [1.29, 1.82) is 0 Å². The lowest BCUT2D eigenvalue weighted by molar-refractivity contribution is -0.119. The summed E-state index contributed by atoms with van der Waals surface area (Å²) in [6.07, 6.45) is 2.70. The quantitative estimate of drug-likeness (QED) is 0.537. The van der Waals surface area contributed by atoms with E-state index in [-0.39, 0.29) is 5.91 Å². The number of aromatic nitrogens is 1. The summed E-state index contributed by atoms with van der Waals surface area (Å²) < 4.78 is 0. The van der Waals surface area contributed by atoms with Gasteiger partial charge >= 0.3 is 0 Å². The maximum atomic E-state index is 13.0. The van der Waals surface area contributed by atoms with Crippen LogP contribution in [0.5, 0.6) is 0 Å². The van der Waals surface area contributed by atoms with Crippen LogP contribution in [0, 0.1) is 0 Å². The number of allylic oxidation sites excluding steroid dienone is 1. The second-order valence-corrected chi connectivity index (χ2v) is 5.82. The normalized spacial score (nSPS) is 12.0. The Kier molecular flexibility index (Phi) is 4.75. The van der Waals surface area contributed by atoms with Crippen LogP contribution < -0.4 is 11.1 Å². The van der Waals surface area contributed by atoms with Crippen LogP contribution in [0.25, 0.3) is 21.8 Å². The average Bonchev–Trinajstić information content (AvgIpc) is 2.62. The molecule has 0 bridgehead atoms. The highest BCUT2D eigenvalue weighted by Gasteiger charge is 2.21. The molecule has 0 radical (unpaired) electrons. The number of carbonyl (C=O) groups is 2. The molecule has 0 unspecified atom stereocenters. The molecule has 1 aromatic heterocycles. The lowest BCUT2D eigenvalue weighted by atomic mass is 10.0. The first-order valence-corrected chi connectivity index (χ1v) is 8.10. The fraction of sp³-hybridized carbons (Fsp3) is 0.150. The third-order valence-electron chi connectivity index (χ3n) is 4.12. The predicted octanol–water partition coefficient (Wildman–Crippen LogP) is 2.94. The van der Waals surface area contributed by atoms with E-state index in [0.717, 1.165) is 21.8 Å². The van der Waals surface area contributed by atoms with Crippen molar-refractivity contribution in [3.63, 3.8) is 0 Å². The number of primary amides is 1. The van der Waals surface area contributed by atoms with Crippen molar-refractivity contribution in [3.05, 3.63) is 66.7 Å². The number of amides is 2. The number of benzene rings is 2. The second kappa shape index (κ2) is 7.13. The first-order chi connectivity index (χ1) is 12.1. The fourth-order valence-electron chi connectivity index (χ4n) is 2.89. The third kappa shape index (κ3) is 3.35. The number of pyridine rings is 1. The number of carbonyl (C=O) groups excluding carboxylic acids is 2. The van der Waals surface area contributed by atoms with E-state index in [1.54, 1.807) is 6.08 Å². The van der Waals surface area contributed by atoms with Crippen LogP contribution >= 0.6 is 0 Å². The van der Waals surface area contributed by atoms with E-state index < -0.39 is 11.9 Å². The lowest BCUT2D eigenvalue weighted by Crippen LogP contribution is -2.44. The first-order valence-electron chi connectivity index (χ1n) is 8.10. The molecule has 0 saturated carbocycles. The molecule has 0 spiro atoms. The van der Waals surface area contributed by atoms with Crippen LogP contribution in [0.4, 0.5) is 0 Å². The Balaban J connectivity index is 2.10. The topological polar surface area (TPSA) is 85.1 Å². The van der Waals surface area contributed by atoms with Gasteiger partial charge in [-0.05, 0) is 25.0 Å². The minimum Gasteiger partial charge on any atom is -0.368 e. The molecule has 5 nitrogen and oxygen atoms in total. The predicted molar refractivity (Wildman–Crippen MR) is 99.1 cm³/mol. The summed E-state index contributed by atoms with van der Waals surface area (Å²) in [7, 11) is 0. The molecular formula is C20H19N3O2. The molecule has 1 heterocycles. The lowest BCUT2D eigenvalue weighted by Gasteiger charge is -2.16. The van der Waals surface area contributed by atoms with E-state index in [9.17, 15) is 9.59 Å². The Morgan fingerprint density at radius 3 is 2.16 bits per heavy atom. The molecule has 0 aliphatic heterocycles. The molecule has 0 saturated heterocycles. The van der Waals surface area contributed by atoms with Crippen LogP contribution in [-0.4, -0.2) is 22.8 Å². The Morgan fingerprint density at radius 2 is 1.64 bits per heavy atom. The zero-order chi connectivity index (χ0) is 17.8. The maximum Gasteiger partial charge on any atom is 0.253 e. The molecule has 2 amide bonds.